The van der Waals surface area contributed by atoms with Crippen molar-refractivity contribution in [3.05, 3.63) is 29.6 Å². The van der Waals surface area contributed by atoms with Gasteiger partial charge in [-0.15, -0.1) is 0 Å². The Hall–Kier alpha value is -1.84. The molecule has 1 N–H and O–H groups in total. The summed E-state index contributed by atoms with van der Waals surface area (Å²) in [5.74, 6) is -0.116. The van der Waals surface area contributed by atoms with Crippen molar-refractivity contribution < 1.29 is 14.6 Å². The average Bonchev–Trinajstić information content (AvgIpc) is 2.61. The predicted molar refractivity (Wildman–Crippen MR) is 108 cm³/mol. The highest BCUT2D eigenvalue weighted by Crippen LogP contribution is 2.19. The van der Waals surface area contributed by atoms with E-state index in [1.165, 1.54) is 57.8 Å². The van der Waals surface area contributed by atoms with Gasteiger partial charge in [0.25, 0.3) is 0 Å². The molecule has 0 saturated carbocycles. The molecule has 0 aliphatic rings. The highest BCUT2D eigenvalue weighted by Gasteiger charge is 2.03. The number of carbonyl (C=O) groups is 1. The molecule has 1 rings (SSSR count). The van der Waals surface area contributed by atoms with Crippen molar-refractivity contribution in [2.75, 3.05) is 6.61 Å². The zero-order valence-corrected chi connectivity index (χ0v) is 16.5. The van der Waals surface area contributed by atoms with Crippen LogP contribution >= 0.6 is 0 Å². The molecule has 0 atom stereocenters. The summed E-state index contributed by atoms with van der Waals surface area (Å²) in [6.07, 6.45) is 16.3. The van der Waals surface area contributed by atoms with E-state index in [0.717, 1.165) is 17.9 Å². The van der Waals surface area contributed by atoms with Gasteiger partial charge in [-0.2, -0.15) is 0 Å². The fourth-order valence-electron chi connectivity index (χ4n) is 2.85. The molecule has 0 amide bonds. The van der Waals surface area contributed by atoms with Crippen molar-refractivity contribution >= 4 is 12.0 Å². The molecular weight excluding hydrogens is 326 g/mol. The monoisotopic (exact) mass is 361 g/mol. The number of nitrogens with zero attached hydrogens (tertiary/aromatic N) is 1. The van der Waals surface area contributed by atoms with Crippen LogP contribution in [-0.2, 0) is 4.79 Å². The normalized spacial score (nSPS) is 11.2. The van der Waals surface area contributed by atoms with Crippen molar-refractivity contribution in [2.24, 2.45) is 0 Å². The number of unbranched alkanes of at least 4 members (excludes halogenated alkanes) is 9. The molecule has 4 heteroatoms. The molecule has 0 unspecified atom stereocenters. The zero-order valence-electron chi connectivity index (χ0n) is 16.5. The lowest BCUT2D eigenvalue weighted by Gasteiger charge is -2.09. The second-order valence-corrected chi connectivity index (χ2v) is 6.87. The molecule has 146 valence electrons. The van der Waals surface area contributed by atoms with Crippen LogP contribution in [-0.4, -0.2) is 22.7 Å². The maximum Gasteiger partial charge on any atom is 0.307 e. The number of carboxylic acids is 1. The van der Waals surface area contributed by atoms with Gasteiger partial charge < -0.3 is 9.84 Å². The molecule has 0 saturated heterocycles. The van der Waals surface area contributed by atoms with E-state index < -0.39 is 5.97 Å². The molecule has 0 spiro atoms. The number of pyridine rings is 1. The first-order valence-corrected chi connectivity index (χ1v) is 10.1. The number of aliphatic carboxylic acids is 1. The maximum absolute atomic E-state index is 10.6. The second-order valence-electron chi connectivity index (χ2n) is 6.87. The molecule has 4 nitrogen and oxygen atoms in total. The van der Waals surface area contributed by atoms with Gasteiger partial charge in [0.05, 0.1) is 13.0 Å². The summed E-state index contributed by atoms with van der Waals surface area (Å²) in [7, 11) is 0. The van der Waals surface area contributed by atoms with E-state index in [-0.39, 0.29) is 6.42 Å². The predicted octanol–water partition coefficient (Wildman–Crippen LogP) is 6.18. The van der Waals surface area contributed by atoms with Crippen LogP contribution in [0.2, 0.25) is 0 Å². The molecule has 0 aromatic carbocycles. The van der Waals surface area contributed by atoms with Gasteiger partial charge in [0.2, 0.25) is 0 Å². The molecule has 0 aliphatic heterocycles. The van der Waals surface area contributed by atoms with E-state index in [0.29, 0.717) is 12.3 Å². The summed E-state index contributed by atoms with van der Waals surface area (Å²) in [5.41, 5.74) is 1.60. The van der Waals surface area contributed by atoms with E-state index in [4.69, 9.17) is 9.84 Å². The third kappa shape index (κ3) is 10.9. The van der Waals surface area contributed by atoms with Crippen molar-refractivity contribution in [1.29, 1.82) is 0 Å². The summed E-state index contributed by atoms with van der Waals surface area (Å²) < 4.78 is 5.86. The van der Waals surface area contributed by atoms with Crippen LogP contribution in [0, 0.1) is 6.92 Å². The number of carboxylic acid groups (broad SMARTS) is 1. The van der Waals surface area contributed by atoms with Gasteiger partial charge in [-0.05, 0) is 31.6 Å². The summed E-state index contributed by atoms with van der Waals surface area (Å²) in [6.45, 7) is 4.85. The van der Waals surface area contributed by atoms with E-state index in [9.17, 15) is 4.79 Å². The smallest absolute Gasteiger partial charge is 0.307 e. The van der Waals surface area contributed by atoms with Crippen LogP contribution in [0.1, 0.15) is 88.9 Å². The lowest BCUT2D eigenvalue weighted by Crippen LogP contribution is -2.01. The molecule has 1 heterocycles. The quantitative estimate of drug-likeness (QED) is 0.379. The van der Waals surface area contributed by atoms with Crippen LogP contribution < -0.4 is 4.74 Å². The van der Waals surface area contributed by atoms with Crippen molar-refractivity contribution in [2.45, 2.75) is 84.5 Å². The van der Waals surface area contributed by atoms with Crippen LogP contribution in [0.15, 0.2) is 18.2 Å². The molecule has 26 heavy (non-hydrogen) atoms. The van der Waals surface area contributed by atoms with Gasteiger partial charge in [-0.25, -0.2) is 4.98 Å². The topological polar surface area (TPSA) is 59.4 Å². The Labute approximate surface area is 158 Å². The second kappa shape index (κ2) is 14.3. The fraction of sp³-hybridized carbons (Fsp3) is 0.636. The zero-order chi connectivity index (χ0) is 19.0. The Bertz CT molecular complexity index is 540. The fourth-order valence-corrected chi connectivity index (χ4v) is 2.85. The summed E-state index contributed by atoms with van der Waals surface area (Å²) in [6, 6.07) is 3.83. The van der Waals surface area contributed by atoms with Gasteiger partial charge in [0.1, 0.15) is 11.4 Å². The van der Waals surface area contributed by atoms with Crippen LogP contribution in [0.25, 0.3) is 6.08 Å². The minimum atomic E-state index is -0.846. The van der Waals surface area contributed by atoms with Gasteiger partial charge in [0, 0.05) is 5.69 Å². The first-order valence-electron chi connectivity index (χ1n) is 10.1. The largest absolute Gasteiger partial charge is 0.491 e. The molecule has 0 bridgehead atoms. The highest BCUT2D eigenvalue weighted by atomic mass is 16.5. The molecule has 1 aromatic heterocycles. The number of hydrogen-bond donors (Lipinski definition) is 1. The molecule has 0 aliphatic carbocycles. The van der Waals surface area contributed by atoms with Gasteiger partial charge in [-0.3, -0.25) is 4.79 Å². The molecule has 0 fully saturated rings. The highest BCUT2D eigenvalue weighted by molar-refractivity contribution is 5.70. The number of aryl methyl sites for hydroxylation is 1. The van der Waals surface area contributed by atoms with Gasteiger partial charge in [-0.1, -0.05) is 70.8 Å². The van der Waals surface area contributed by atoms with Gasteiger partial charge in [0.15, 0.2) is 0 Å². The molecular formula is C22H35NO3. The van der Waals surface area contributed by atoms with Crippen molar-refractivity contribution in [3.8, 4) is 5.75 Å². The Morgan fingerprint density at radius 2 is 1.65 bits per heavy atom. The number of rotatable bonds is 15. The number of hydrogen-bond acceptors (Lipinski definition) is 3. The number of aromatic nitrogens is 1. The van der Waals surface area contributed by atoms with Crippen LogP contribution in [0.5, 0.6) is 5.75 Å². The lowest BCUT2D eigenvalue weighted by atomic mass is 10.1. The molecule has 0 radical (unpaired) electrons. The molecule has 1 aromatic rings. The lowest BCUT2D eigenvalue weighted by molar-refractivity contribution is -0.135. The number of ether oxygens (including phenoxy) is 1. The van der Waals surface area contributed by atoms with E-state index in [1.54, 1.807) is 12.2 Å². The van der Waals surface area contributed by atoms with Crippen LogP contribution in [0.4, 0.5) is 0 Å². The Morgan fingerprint density at radius 3 is 2.27 bits per heavy atom. The minimum Gasteiger partial charge on any atom is -0.491 e. The minimum absolute atomic E-state index is 0.00644. The van der Waals surface area contributed by atoms with Gasteiger partial charge >= 0.3 is 5.97 Å². The Morgan fingerprint density at radius 1 is 1.04 bits per heavy atom. The Balaban J connectivity index is 2.20. The first kappa shape index (κ1) is 22.2. The third-order valence-corrected chi connectivity index (χ3v) is 4.35. The Kier molecular flexibility index (Phi) is 12.2. The van der Waals surface area contributed by atoms with E-state index in [1.807, 2.05) is 19.1 Å². The van der Waals surface area contributed by atoms with Crippen molar-refractivity contribution in [3.63, 3.8) is 0 Å². The van der Waals surface area contributed by atoms with E-state index >= 15 is 0 Å². The SMILES string of the molecule is CCCCCCCCCCCCOc1ccc(C)nc1C=CCC(=O)O. The third-order valence-electron chi connectivity index (χ3n) is 4.35. The van der Waals surface area contributed by atoms with Crippen molar-refractivity contribution in [1.82, 2.24) is 4.98 Å². The maximum atomic E-state index is 10.6. The van der Waals surface area contributed by atoms with Crippen LogP contribution in [0.3, 0.4) is 0 Å². The first-order chi connectivity index (χ1) is 12.6. The average molecular weight is 362 g/mol. The standard InChI is InChI=1S/C22H35NO3/c1-3-4-5-6-7-8-9-10-11-12-18-26-21-17-16-19(2)23-20(21)14-13-15-22(24)25/h13-14,16-17H,3-12,15,18H2,1-2H3,(H,24,25). The summed E-state index contributed by atoms with van der Waals surface area (Å²) in [5, 5.41) is 8.73. The summed E-state index contributed by atoms with van der Waals surface area (Å²) >= 11 is 0. The van der Waals surface area contributed by atoms with E-state index in [2.05, 4.69) is 11.9 Å². The summed E-state index contributed by atoms with van der Waals surface area (Å²) in [4.78, 5) is 15.1.